The highest BCUT2D eigenvalue weighted by molar-refractivity contribution is 6.42. The number of hydrogen-bond acceptors (Lipinski definition) is 2. The molecule has 0 saturated carbocycles. The minimum Gasteiger partial charge on any atom is -0.340 e. The van der Waals surface area contributed by atoms with E-state index in [4.69, 9.17) is 23.2 Å². The zero-order chi connectivity index (χ0) is 14.8. The van der Waals surface area contributed by atoms with E-state index in [0.29, 0.717) is 22.2 Å². The summed E-state index contributed by atoms with van der Waals surface area (Å²) < 4.78 is 0. The average molecular weight is 303 g/mol. The average Bonchev–Trinajstić information content (AvgIpc) is 2.31. The fraction of sp³-hybridized carbons (Fsp3) is 0.500. The summed E-state index contributed by atoms with van der Waals surface area (Å²) in [6, 6.07) is 4.93. The van der Waals surface area contributed by atoms with E-state index in [2.05, 4.69) is 18.7 Å². The van der Waals surface area contributed by atoms with Crippen LogP contribution in [0.5, 0.6) is 0 Å². The van der Waals surface area contributed by atoms with E-state index in [1.807, 2.05) is 14.1 Å². The molecule has 0 N–H and O–H groups in total. The Morgan fingerprint density at radius 3 is 2.21 bits per heavy atom. The van der Waals surface area contributed by atoms with Crippen LogP contribution in [0.1, 0.15) is 24.2 Å². The highest BCUT2D eigenvalue weighted by Crippen LogP contribution is 2.23. The van der Waals surface area contributed by atoms with Crippen molar-refractivity contribution in [3.63, 3.8) is 0 Å². The summed E-state index contributed by atoms with van der Waals surface area (Å²) in [5.74, 6) is -0.0616. The molecule has 0 aromatic heterocycles. The molecule has 1 aromatic rings. The van der Waals surface area contributed by atoms with Crippen molar-refractivity contribution >= 4 is 29.1 Å². The molecule has 0 heterocycles. The van der Waals surface area contributed by atoms with Gasteiger partial charge >= 0.3 is 0 Å². The Bertz CT molecular complexity index is 473. The fourth-order valence-corrected chi connectivity index (χ4v) is 1.94. The number of benzene rings is 1. The molecule has 0 spiro atoms. The van der Waals surface area contributed by atoms with Crippen LogP contribution in [0.25, 0.3) is 0 Å². The maximum absolute atomic E-state index is 12.3. The van der Waals surface area contributed by atoms with Crippen LogP contribution in [0.3, 0.4) is 0 Å². The van der Waals surface area contributed by atoms with Crippen LogP contribution < -0.4 is 0 Å². The molecular formula is C14H20Cl2N2O. The molecule has 106 valence electrons. The number of likely N-dealkylation sites (N-methyl/N-ethyl adjacent to an activating group) is 2. The van der Waals surface area contributed by atoms with Crippen LogP contribution in [0, 0.1) is 0 Å². The van der Waals surface area contributed by atoms with Crippen LogP contribution in [-0.4, -0.2) is 48.9 Å². The minimum absolute atomic E-state index is 0.0616. The Kier molecular flexibility index (Phi) is 5.25. The van der Waals surface area contributed by atoms with E-state index in [-0.39, 0.29) is 11.4 Å². The highest BCUT2D eigenvalue weighted by Gasteiger charge is 2.25. The van der Waals surface area contributed by atoms with Crippen LogP contribution in [-0.2, 0) is 0 Å². The first kappa shape index (κ1) is 16.3. The number of nitrogens with zero attached hydrogens (tertiary/aromatic N) is 2. The van der Waals surface area contributed by atoms with Gasteiger partial charge in [0.1, 0.15) is 0 Å². The number of carbonyl (C=O) groups is 1. The molecule has 0 unspecified atom stereocenters. The van der Waals surface area contributed by atoms with Crippen molar-refractivity contribution in [2.24, 2.45) is 0 Å². The zero-order valence-corrected chi connectivity index (χ0v) is 13.5. The van der Waals surface area contributed by atoms with Gasteiger partial charge in [-0.25, -0.2) is 0 Å². The number of hydrogen-bond donors (Lipinski definition) is 0. The van der Waals surface area contributed by atoms with Crippen LogP contribution in [0.2, 0.25) is 10.0 Å². The van der Waals surface area contributed by atoms with Gasteiger partial charge in [0.15, 0.2) is 0 Å². The molecule has 0 aliphatic heterocycles. The predicted octanol–water partition coefficient (Wildman–Crippen LogP) is 3.41. The SMILES string of the molecule is CN(CC(C)(C)N(C)C)C(=O)c1ccc(Cl)c(Cl)c1. The second kappa shape index (κ2) is 6.12. The van der Waals surface area contributed by atoms with Gasteiger partial charge in [-0.1, -0.05) is 23.2 Å². The topological polar surface area (TPSA) is 23.6 Å². The van der Waals surface area contributed by atoms with Crippen molar-refractivity contribution in [2.75, 3.05) is 27.7 Å². The lowest BCUT2D eigenvalue weighted by molar-refractivity contribution is 0.0686. The Hall–Kier alpha value is -0.770. The first-order chi connectivity index (χ1) is 8.65. The Morgan fingerprint density at radius 1 is 1.16 bits per heavy atom. The van der Waals surface area contributed by atoms with Crippen LogP contribution >= 0.6 is 23.2 Å². The molecule has 0 bridgehead atoms. The fourth-order valence-electron chi connectivity index (χ4n) is 1.64. The number of carbonyl (C=O) groups excluding carboxylic acids is 1. The van der Waals surface area contributed by atoms with E-state index >= 15 is 0 Å². The lowest BCUT2D eigenvalue weighted by Crippen LogP contribution is -2.48. The van der Waals surface area contributed by atoms with Gasteiger partial charge in [0.05, 0.1) is 10.0 Å². The molecule has 3 nitrogen and oxygen atoms in total. The van der Waals surface area contributed by atoms with E-state index in [9.17, 15) is 4.79 Å². The molecule has 1 rings (SSSR count). The van der Waals surface area contributed by atoms with E-state index in [0.717, 1.165) is 0 Å². The summed E-state index contributed by atoms with van der Waals surface area (Å²) in [6.45, 7) is 4.80. The molecule has 0 saturated heterocycles. The molecule has 1 aromatic carbocycles. The third-order valence-corrected chi connectivity index (χ3v) is 4.09. The van der Waals surface area contributed by atoms with Crippen molar-refractivity contribution in [3.8, 4) is 0 Å². The molecule has 0 radical (unpaired) electrons. The summed E-state index contributed by atoms with van der Waals surface area (Å²) in [7, 11) is 5.78. The molecule has 19 heavy (non-hydrogen) atoms. The van der Waals surface area contributed by atoms with Gasteiger partial charge in [0.25, 0.3) is 5.91 Å². The predicted molar refractivity (Wildman–Crippen MR) is 81.2 cm³/mol. The lowest BCUT2D eigenvalue weighted by atomic mass is 10.0. The molecule has 1 amide bonds. The molecule has 0 atom stereocenters. The molecular weight excluding hydrogens is 283 g/mol. The smallest absolute Gasteiger partial charge is 0.253 e. The number of amides is 1. The Morgan fingerprint density at radius 2 is 1.74 bits per heavy atom. The van der Waals surface area contributed by atoms with Gasteiger partial charge in [0, 0.05) is 24.7 Å². The molecule has 0 aliphatic carbocycles. The number of rotatable bonds is 4. The molecule has 0 aliphatic rings. The summed E-state index contributed by atoms with van der Waals surface area (Å²) in [6.07, 6.45) is 0. The van der Waals surface area contributed by atoms with Crippen molar-refractivity contribution in [2.45, 2.75) is 19.4 Å². The summed E-state index contributed by atoms with van der Waals surface area (Å²) in [4.78, 5) is 16.1. The lowest BCUT2D eigenvalue weighted by Gasteiger charge is -2.36. The standard InChI is InChI=1S/C14H20Cl2N2O/c1-14(2,17(3)4)9-18(5)13(19)10-6-7-11(15)12(16)8-10/h6-8H,9H2,1-5H3. The van der Waals surface area contributed by atoms with Crippen molar-refractivity contribution in [1.82, 2.24) is 9.80 Å². The van der Waals surface area contributed by atoms with Gasteiger partial charge in [-0.05, 0) is 46.1 Å². The monoisotopic (exact) mass is 302 g/mol. The van der Waals surface area contributed by atoms with Gasteiger partial charge in [-0.3, -0.25) is 4.79 Å². The first-order valence-corrected chi connectivity index (χ1v) is 6.78. The van der Waals surface area contributed by atoms with Gasteiger partial charge in [-0.15, -0.1) is 0 Å². The second-order valence-corrected chi connectivity index (χ2v) is 6.31. The molecule has 0 fully saturated rings. The number of halogens is 2. The Balaban J connectivity index is 2.85. The van der Waals surface area contributed by atoms with Crippen molar-refractivity contribution < 1.29 is 4.79 Å². The zero-order valence-electron chi connectivity index (χ0n) is 12.0. The van der Waals surface area contributed by atoms with Crippen LogP contribution in [0.4, 0.5) is 0 Å². The van der Waals surface area contributed by atoms with Crippen molar-refractivity contribution in [1.29, 1.82) is 0 Å². The van der Waals surface area contributed by atoms with Gasteiger partial charge < -0.3 is 9.80 Å². The summed E-state index contributed by atoms with van der Waals surface area (Å²) >= 11 is 11.8. The largest absolute Gasteiger partial charge is 0.340 e. The molecule has 5 heteroatoms. The first-order valence-electron chi connectivity index (χ1n) is 6.03. The van der Waals surface area contributed by atoms with E-state index in [1.54, 1.807) is 30.1 Å². The van der Waals surface area contributed by atoms with Crippen LogP contribution in [0.15, 0.2) is 18.2 Å². The minimum atomic E-state index is -0.0966. The summed E-state index contributed by atoms with van der Waals surface area (Å²) in [5.41, 5.74) is 0.451. The maximum atomic E-state index is 12.3. The van der Waals surface area contributed by atoms with Crippen molar-refractivity contribution in [3.05, 3.63) is 33.8 Å². The third kappa shape index (κ3) is 4.10. The highest BCUT2D eigenvalue weighted by atomic mass is 35.5. The normalized spacial score (nSPS) is 11.8. The van der Waals surface area contributed by atoms with Gasteiger partial charge in [-0.2, -0.15) is 0 Å². The summed E-state index contributed by atoms with van der Waals surface area (Å²) in [5, 5.41) is 0.849. The second-order valence-electron chi connectivity index (χ2n) is 5.50. The van der Waals surface area contributed by atoms with E-state index in [1.165, 1.54) is 0 Å². The Labute approximate surface area is 125 Å². The van der Waals surface area contributed by atoms with Gasteiger partial charge in [0.2, 0.25) is 0 Å². The van der Waals surface area contributed by atoms with E-state index < -0.39 is 0 Å². The third-order valence-electron chi connectivity index (χ3n) is 3.35. The maximum Gasteiger partial charge on any atom is 0.253 e. The quantitative estimate of drug-likeness (QED) is 0.851.